The first-order valence-electron chi connectivity index (χ1n) is 6.03. The molecular formula is C14H18N2OS. The van der Waals surface area contributed by atoms with Crippen LogP contribution in [0, 0.1) is 11.3 Å². The van der Waals surface area contributed by atoms with Gasteiger partial charge in [0, 0.05) is 6.42 Å². The highest BCUT2D eigenvalue weighted by Gasteiger charge is 2.08. The Hall–Kier alpha value is -1.47. The normalized spacial score (nSPS) is 11.6. The summed E-state index contributed by atoms with van der Waals surface area (Å²) in [4.78, 5) is 11.7. The van der Waals surface area contributed by atoms with Gasteiger partial charge in [-0.15, -0.1) is 0 Å². The van der Waals surface area contributed by atoms with E-state index in [9.17, 15) is 4.79 Å². The van der Waals surface area contributed by atoms with Gasteiger partial charge in [-0.25, -0.2) is 0 Å². The molecular weight excluding hydrogens is 244 g/mol. The fraction of sp³-hybridized carbons (Fsp3) is 0.429. The molecule has 1 aromatic carbocycles. The summed E-state index contributed by atoms with van der Waals surface area (Å²) in [6.07, 6.45) is 1.41. The SMILES string of the molecule is CC(NC(=O)CSCCCC#N)c1ccccc1. The molecule has 1 amide bonds. The van der Waals surface area contributed by atoms with Gasteiger partial charge < -0.3 is 5.32 Å². The van der Waals surface area contributed by atoms with Gasteiger partial charge in [-0.3, -0.25) is 4.79 Å². The Bertz CT molecular complexity index is 400. The number of rotatable bonds is 7. The van der Waals surface area contributed by atoms with Crippen molar-refractivity contribution in [2.45, 2.75) is 25.8 Å². The van der Waals surface area contributed by atoms with Gasteiger partial charge in [-0.2, -0.15) is 17.0 Å². The lowest BCUT2D eigenvalue weighted by atomic mass is 10.1. The van der Waals surface area contributed by atoms with E-state index in [0.717, 1.165) is 17.7 Å². The number of hydrogen-bond acceptors (Lipinski definition) is 3. The van der Waals surface area contributed by atoms with E-state index in [2.05, 4.69) is 11.4 Å². The van der Waals surface area contributed by atoms with Crippen molar-refractivity contribution in [1.29, 1.82) is 5.26 Å². The molecule has 0 spiro atoms. The standard InChI is InChI=1S/C14H18N2OS/c1-12(13-7-3-2-4-8-13)16-14(17)11-18-10-6-5-9-15/h2-4,7-8,12H,5-6,10-11H2,1H3,(H,16,17). The van der Waals surface area contributed by atoms with Crippen LogP contribution >= 0.6 is 11.8 Å². The first-order valence-corrected chi connectivity index (χ1v) is 7.18. The maximum absolute atomic E-state index is 11.7. The van der Waals surface area contributed by atoms with Crippen molar-refractivity contribution in [1.82, 2.24) is 5.32 Å². The molecule has 0 aliphatic carbocycles. The predicted octanol–water partition coefficient (Wildman–Crippen LogP) is 2.90. The molecule has 4 heteroatoms. The Morgan fingerprint density at radius 2 is 2.17 bits per heavy atom. The van der Waals surface area contributed by atoms with E-state index in [1.165, 1.54) is 0 Å². The smallest absolute Gasteiger partial charge is 0.230 e. The molecule has 0 aromatic heterocycles. The number of carbonyl (C=O) groups is 1. The van der Waals surface area contributed by atoms with E-state index < -0.39 is 0 Å². The molecule has 1 N–H and O–H groups in total. The molecule has 0 radical (unpaired) electrons. The third kappa shape index (κ3) is 5.74. The van der Waals surface area contributed by atoms with E-state index in [-0.39, 0.29) is 11.9 Å². The summed E-state index contributed by atoms with van der Waals surface area (Å²) in [5.41, 5.74) is 1.11. The summed E-state index contributed by atoms with van der Waals surface area (Å²) in [5.74, 6) is 1.37. The number of nitrogens with zero attached hydrogens (tertiary/aromatic N) is 1. The molecule has 3 nitrogen and oxygen atoms in total. The van der Waals surface area contributed by atoms with Crippen molar-refractivity contribution in [3.8, 4) is 6.07 Å². The van der Waals surface area contributed by atoms with Crippen LogP contribution in [0.2, 0.25) is 0 Å². The third-order valence-electron chi connectivity index (χ3n) is 2.49. The van der Waals surface area contributed by atoms with Crippen molar-refractivity contribution < 1.29 is 4.79 Å². The monoisotopic (exact) mass is 262 g/mol. The highest BCUT2D eigenvalue weighted by Crippen LogP contribution is 2.11. The van der Waals surface area contributed by atoms with Gasteiger partial charge in [0.15, 0.2) is 0 Å². The van der Waals surface area contributed by atoms with Gasteiger partial charge >= 0.3 is 0 Å². The quantitative estimate of drug-likeness (QED) is 0.769. The van der Waals surface area contributed by atoms with Crippen LogP contribution in [0.5, 0.6) is 0 Å². The number of unbranched alkanes of at least 4 members (excludes halogenated alkanes) is 1. The minimum absolute atomic E-state index is 0.0402. The number of nitriles is 1. The van der Waals surface area contributed by atoms with E-state index in [0.29, 0.717) is 12.2 Å². The molecule has 0 heterocycles. The van der Waals surface area contributed by atoms with Crippen LogP contribution in [0.3, 0.4) is 0 Å². The zero-order valence-corrected chi connectivity index (χ0v) is 11.4. The second-order valence-corrected chi connectivity index (χ2v) is 5.12. The summed E-state index contributed by atoms with van der Waals surface area (Å²) in [6.45, 7) is 1.98. The Balaban J connectivity index is 2.22. The zero-order chi connectivity index (χ0) is 13.2. The van der Waals surface area contributed by atoms with Crippen molar-refractivity contribution in [2.24, 2.45) is 0 Å². The molecule has 0 aliphatic heterocycles. The van der Waals surface area contributed by atoms with Crippen LogP contribution < -0.4 is 5.32 Å². The van der Waals surface area contributed by atoms with Gasteiger partial charge in [0.1, 0.15) is 0 Å². The van der Waals surface area contributed by atoms with Crippen molar-refractivity contribution in [3.63, 3.8) is 0 Å². The van der Waals surface area contributed by atoms with E-state index >= 15 is 0 Å². The van der Waals surface area contributed by atoms with Gasteiger partial charge in [0.25, 0.3) is 0 Å². The molecule has 96 valence electrons. The number of hydrogen-bond donors (Lipinski definition) is 1. The van der Waals surface area contributed by atoms with Gasteiger partial charge in [-0.1, -0.05) is 30.3 Å². The maximum atomic E-state index is 11.7. The maximum Gasteiger partial charge on any atom is 0.230 e. The lowest BCUT2D eigenvalue weighted by Gasteiger charge is -2.13. The largest absolute Gasteiger partial charge is 0.349 e. The minimum atomic E-state index is 0.0402. The summed E-state index contributed by atoms with van der Waals surface area (Å²) in [6, 6.07) is 12.0. The Labute approximate surface area is 113 Å². The summed E-state index contributed by atoms with van der Waals surface area (Å²) < 4.78 is 0. The van der Waals surface area contributed by atoms with Gasteiger partial charge in [0.2, 0.25) is 5.91 Å². The summed E-state index contributed by atoms with van der Waals surface area (Å²) in [7, 11) is 0. The van der Waals surface area contributed by atoms with Crippen LogP contribution in [-0.2, 0) is 4.79 Å². The molecule has 18 heavy (non-hydrogen) atoms. The Morgan fingerprint density at radius 3 is 2.83 bits per heavy atom. The van der Waals surface area contributed by atoms with Crippen LogP contribution in [0.1, 0.15) is 31.4 Å². The number of nitrogens with one attached hydrogen (secondary N) is 1. The van der Waals surface area contributed by atoms with Crippen molar-refractivity contribution in [3.05, 3.63) is 35.9 Å². The first kappa shape index (κ1) is 14.6. The predicted molar refractivity (Wildman–Crippen MR) is 75.2 cm³/mol. The van der Waals surface area contributed by atoms with E-state index in [1.54, 1.807) is 11.8 Å². The second-order valence-electron chi connectivity index (χ2n) is 4.01. The highest BCUT2D eigenvalue weighted by molar-refractivity contribution is 7.99. The van der Waals surface area contributed by atoms with E-state index in [4.69, 9.17) is 5.26 Å². The topological polar surface area (TPSA) is 52.9 Å². The van der Waals surface area contributed by atoms with Crippen molar-refractivity contribution >= 4 is 17.7 Å². The van der Waals surface area contributed by atoms with Crippen LogP contribution in [-0.4, -0.2) is 17.4 Å². The first-order chi connectivity index (χ1) is 8.74. The number of amides is 1. The number of thioether (sulfide) groups is 1. The average Bonchev–Trinajstić information content (AvgIpc) is 2.39. The molecule has 0 bridgehead atoms. The molecule has 0 saturated heterocycles. The van der Waals surface area contributed by atoms with Crippen LogP contribution in [0.15, 0.2) is 30.3 Å². The summed E-state index contributed by atoms with van der Waals surface area (Å²) in [5, 5.41) is 11.3. The van der Waals surface area contributed by atoms with Gasteiger partial charge in [0.05, 0.1) is 17.9 Å². The molecule has 0 fully saturated rings. The Kier molecular flexibility index (Phi) is 6.97. The molecule has 1 unspecified atom stereocenters. The summed E-state index contributed by atoms with van der Waals surface area (Å²) >= 11 is 1.58. The van der Waals surface area contributed by atoms with Gasteiger partial charge in [-0.05, 0) is 24.7 Å². The number of benzene rings is 1. The molecule has 0 saturated carbocycles. The van der Waals surface area contributed by atoms with E-state index in [1.807, 2.05) is 37.3 Å². The fourth-order valence-corrected chi connectivity index (χ4v) is 2.29. The Morgan fingerprint density at radius 1 is 1.44 bits per heavy atom. The lowest BCUT2D eigenvalue weighted by Crippen LogP contribution is -2.28. The average molecular weight is 262 g/mol. The highest BCUT2D eigenvalue weighted by atomic mass is 32.2. The lowest BCUT2D eigenvalue weighted by molar-refractivity contribution is -0.119. The molecule has 1 atom stereocenters. The minimum Gasteiger partial charge on any atom is -0.349 e. The second kappa shape index (κ2) is 8.60. The van der Waals surface area contributed by atoms with Crippen molar-refractivity contribution in [2.75, 3.05) is 11.5 Å². The number of carbonyl (C=O) groups excluding carboxylic acids is 1. The zero-order valence-electron chi connectivity index (χ0n) is 10.6. The molecule has 1 rings (SSSR count). The van der Waals surface area contributed by atoms with Crippen LogP contribution in [0.25, 0.3) is 0 Å². The fourth-order valence-electron chi connectivity index (χ4n) is 1.53. The molecule has 0 aliphatic rings. The molecule has 1 aromatic rings. The third-order valence-corrected chi connectivity index (χ3v) is 3.53. The van der Waals surface area contributed by atoms with Crippen LogP contribution in [0.4, 0.5) is 0 Å².